The summed E-state index contributed by atoms with van der Waals surface area (Å²) in [5, 5.41) is 0. The van der Waals surface area contributed by atoms with Crippen molar-refractivity contribution in [1.82, 2.24) is 0 Å². The number of nitrogens with two attached hydrogens (primary N) is 1. The number of carbonyl (C=O) groups is 1. The third-order valence-electron chi connectivity index (χ3n) is 4.43. The van der Waals surface area contributed by atoms with Crippen molar-refractivity contribution in [2.75, 3.05) is 19.8 Å². The highest BCUT2D eigenvalue weighted by molar-refractivity contribution is 5.96. The molecular weight excluding hydrogens is 346 g/mol. The summed E-state index contributed by atoms with van der Waals surface area (Å²) in [5.41, 5.74) is 10.9. The van der Waals surface area contributed by atoms with E-state index < -0.39 is 5.97 Å². The molecule has 0 radical (unpaired) electrons. The summed E-state index contributed by atoms with van der Waals surface area (Å²) in [4.78, 5) is 32.7. The number of carbonyl (C=O) groups excluding carboxylic acids is 2. The van der Waals surface area contributed by atoms with Gasteiger partial charge in [0.25, 0.3) is 0 Å². The normalized spacial score (nSPS) is 11.4. The molecule has 27 heavy (non-hydrogen) atoms. The Morgan fingerprint density at radius 2 is 1.89 bits per heavy atom. The van der Waals surface area contributed by atoms with Gasteiger partial charge in [-0.2, -0.15) is 4.89 Å². The molecule has 2 aromatic rings. The molecule has 0 amide bonds. The molecule has 0 atom stereocenters. The van der Waals surface area contributed by atoms with E-state index >= 15 is 0 Å². The average molecular weight is 367 g/mol. The highest BCUT2D eigenvalue weighted by Crippen LogP contribution is 2.38. The highest BCUT2D eigenvalue weighted by atomic mass is 17.2. The van der Waals surface area contributed by atoms with E-state index in [0.29, 0.717) is 13.2 Å². The smallest absolute Gasteiger partial charge is 0.380 e. The number of hydrogen-bond acceptors (Lipinski definition) is 6. The first kappa shape index (κ1) is 19.0. The van der Waals surface area contributed by atoms with E-state index in [-0.39, 0.29) is 25.2 Å². The van der Waals surface area contributed by atoms with Gasteiger partial charge in [0.1, 0.15) is 18.1 Å². The first-order valence-electron chi connectivity index (χ1n) is 8.79. The van der Waals surface area contributed by atoms with Gasteiger partial charge in [-0.15, -0.1) is 0 Å². The van der Waals surface area contributed by atoms with Gasteiger partial charge in [-0.3, -0.25) is 4.89 Å². The van der Waals surface area contributed by atoms with E-state index in [9.17, 15) is 9.59 Å². The maximum atomic E-state index is 11.9. The SMILES string of the molecule is NCCOCCC(=C=O)C(=O)OOCc1cccc2c1Cc1ccccc1-2. The molecule has 0 aliphatic heterocycles. The lowest BCUT2D eigenvalue weighted by Gasteiger charge is -2.09. The lowest BCUT2D eigenvalue weighted by Crippen LogP contribution is -2.14. The fourth-order valence-corrected chi connectivity index (χ4v) is 3.11. The van der Waals surface area contributed by atoms with Gasteiger partial charge < -0.3 is 10.5 Å². The molecule has 0 saturated heterocycles. The molecular formula is C21H21NO5. The monoisotopic (exact) mass is 367 g/mol. The Balaban J connectivity index is 1.56. The zero-order valence-corrected chi connectivity index (χ0v) is 14.9. The minimum absolute atomic E-state index is 0.0989. The number of hydrogen-bond donors (Lipinski definition) is 1. The van der Waals surface area contributed by atoms with Crippen LogP contribution in [0.25, 0.3) is 11.1 Å². The summed E-state index contributed by atoms with van der Waals surface area (Å²) < 4.78 is 5.15. The first-order valence-corrected chi connectivity index (χ1v) is 8.79. The molecule has 6 nitrogen and oxygen atoms in total. The second-order valence-corrected chi connectivity index (χ2v) is 6.14. The molecule has 0 heterocycles. The van der Waals surface area contributed by atoms with Gasteiger partial charge in [-0.05, 0) is 34.2 Å². The van der Waals surface area contributed by atoms with Crippen molar-refractivity contribution < 1.29 is 24.1 Å². The Morgan fingerprint density at radius 1 is 1.07 bits per heavy atom. The van der Waals surface area contributed by atoms with Crippen molar-refractivity contribution in [1.29, 1.82) is 0 Å². The van der Waals surface area contributed by atoms with E-state index in [1.54, 1.807) is 5.94 Å². The van der Waals surface area contributed by atoms with Gasteiger partial charge >= 0.3 is 5.97 Å². The molecule has 0 aromatic heterocycles. The van der Waals surface area contributed by atoms with Gasteiger partial charge in [-0.1, -0.05) is 42.5 Å². The van der Waals surface area contributed by atoms with Crippen LogP contribution in [0.2, 0.25) is 0 Å². The first-order chi connectivity index (χ1) is 13.2. The zero-order chi connectivity index (χ0) is 19.1. The Hall–Kier alpha value is -2.76. The second kappa shape index (κ2) is 9.26. The lowest BCUT2D eigenvalue weighted by atomic mass is 10.0. The Kier molecular flexibility index (Phi) is 6.52. The second-order valence-electron chi connectivity index (χ2n) is 6.14. The maximum absolute atomic E-state index is 11.9. The van der Waals surface area contributed by atoms with Crippen LogP contribution >= 0.6 is 0 Å². The fourth-order valence-electron chi connectivity index (χ4n) is 3.11. The van der Waals surface area contributed by atoms with Crippen molar-refractivity contribution in [3.05, 3.63) is 64.7 Å². The quantitative estimate of drug-likeness (QED) is 0.205. The van der Waals surface area contributed by atoms with Crippen LogP contribution in [0.15, 0.2) is 48.0 Å². The standard InChI is InChI=1S/C21H21NO5/c22-9-11-25-10-8-16(13-23)21(24)27-26-14-17-5-3-7-19-18-6-2-1-4-15(18)12-20(17)19/h1-7H,8-12,14,22H2. The summed E-state index contributed by atoms with van der Waals surface area (Å²) in [6.07, 6.45) is 0.915. The maximum Gasteiger partial charge on any atom is 0.380 e. The Morgan fingerprint density at radius 3 is 2.70 bits per heavy atom. The van der Waals surface area contributed by atoms with E-state index in [4.69, 9.17) is 20.2 Å². The summed E-state index contributed by atoms with van der Waals surface area (Å²) in [6, 6.07) is 14.2. The van der Waals surface area contributed by atoms with Gasteiger partial charge in [-0.25, -0.2) is 9.59 Å². The molecule has 0 fully saturated rings. The molecule has 0 bridgehead atoms. The minimum Gasteiger partial charge on any atom is -0.380 e. The molecule has 140 valence electrons. The molecule has 1 aliphatic carbocycles. The van der Waals surface area contributed by atoms with Crippen molar-refractivity contribution in [3.63, 3.8) is 0 Å². The predicted octanol–water partition coefficient (Wildman–Crippen LogP) is 2.36. The van der Waals surface area contributed by atoms with Gasteiger partial charge in [0, 0.05) is 13.0 Å². The van der Waals surface area contributed by atoms with Gasteiger partial charge in [0.2, 0.25) is 0 Å². The molecule has 1 aliphatic rings. The third kappa shape index (κ3) is 4.51. The van der Waals surface area contributed by atoms with Gasteiger partial charge in [0.05, 0.1) is 13.2 Å². The van der Waals surface area contributed by atoms with Crippen molar-refractivity contribution >= 4 is 11.9 Å². The molecule has 6 heteroatoms. The largest absolute Gasteiger partial charge is 0.380 e. The topological polar surface area (TPSA) is 87.9 Å². The van der Waals surface area contributed by atoms with Crippen LogP contribution in [-0.4, -0.2) is 31.7 Å². The van der Waals surface area contributed by atoms with Crippen molar-refractivity contribution in [3.8, 4) is 11.1 Å². The number of benzene rings is 2. The summed E-state index contributed by atoms with van der Waals surface area (Å²) in [6.45, 7) is 1.04. The lowest BCUT2D eigenvalue weighted by molar-refractivity contribution is -0.276. The van der Waals surface area contributed by atoms with Crippen LogP contribution in [-0.2, 0) is 37.1 Å². The highest BCUT2D eigenvalue weighted by Gasteiger charge is 2.21. The molecule has 0 spiro atoms. The van der Waals surface area contributed by atoms with Crippen LogP contribution in [0.1, 0.15) is 23.1 Å². The van der Waals surface area contributed by atoms with Crippen LogP contribution in [0, 0.1) is 0 Å². The Bertz CT molecular complexity index is 871. The zero-order valence-electron chi connectivity index (χ0n) is 14.9. The van der Waals surface area contributed by atoms with E-state index in [1.807, 2.05) is 24.3 Å². The molecule has 2 aromatic carbocycles. The summed E-state index contributed by atoms with van der Waals surface area (Å²) >= 11 is 0. The van der Waals surface area contributed by atoms with Crippen molar-refractivity contribution in [2.24, 2.45) is 5.73 Å². The van der Waals surface area contributed by atoms with Crippen LogP contribution in [0.3, 0.4) is 0 Å². The average Bonchev–Trinajstić information content (AvgIpc) is 3.07. The number of fused-ring (bicyclic) bond motifs is 3. The number of ether oxygens (including phenoxy) is 1. The van der Waals surface area contributed by atoms with E-state index in [0.717, 1.165) is 17.5 Å². The van der Waals surface area contributed by atoms with Gasteiger partial charge in [0.15, 0.2) is 0 Å². The predicted molar refractivity (Wildman–Crippen MR) is 99.3 cm³/mol. The van der Waals surface area contributed by atoms with E-state index in [2.05, 4.69) is 18.2 Å². The third-order valence-corrected chi connectivity index (χ3v) is 4.43. The molecule has 2 N–H and O–H groups in total. The fraction of sp³-hybridized carbons (Fsp3) is 0.286. The van der Waals surface area contributed by atoms with Crippen LogP contribution in [0.5, 0.6) is 0 Å². The van der Waals surface area contributed by atoms with Crippen LogP contribution < -0.4 is 5.73 Å². The van der Waals surface area contributed by atoms with Crippen molar-refractivity contribution in [2.45, 2.75) is 19.4 Å². The van der Waals surface area contributed by atoms with Crippen LogP contribution in [0.4, 0.5) is 0 Å². The van der Waals surface area contributed by atoms with E-state index in [1.165, 1.54) is 16.7 Å². The summed E-state index contributed by atoms with van der Waals surface area (Å²) in [5.74, 6) is 0.732. The minimum atomic E-state index is -0.850. The summed E-state index contributed by atoms with van der Waals surface area (Å²) in [7, 11) is 0. The molecule has 0 saturated carbocycles. The number of rotatable bonds is 9. The Labute approximate surface area is 157 Å². The molecule has 0 unspecified atom stereocenters. The molecule has 3 rings (SSSR count).